The Balaban J connectivity index is 2.29. The fourth-order valence-corrected chi connectivity index (χ4v) is 3.11. The fourth-order valence-electron chi connectivity index (χ4n) is 3.11. The second kappa shape index (κ2) is 8.11. The number of nitrogens with zero attached hydrogens (tertiary/aromatic N) is 1. The standard InChI is InChI=1S/C18H25NO3/c1-3-22-18(21)17-11-7-10-16(12-13-20)19(17)14(2)15-8-5-4-6-9-15/h4-10,14,16-17,20H,3,11-13H2,1-2H3/t14-,16+,17+/m1/s1. The molecule has 0 bridgehead atoms. The zero-order valence-corrected chi connectivity index (χ0v) is 13.3. The molecule has 0 saturated heterocycles. The number of carbonyl (C=O) groups excluding carboxylic acids is 1. The Morgan fingerprint density at radius 1 is 1.41 bits per heavy atom. The summed E-state index contributed by atoms with van der Waals surface area (Å²) >= 11 is 0. The van der Waals surface area contributed by atoms with E-state index < -0.39 is 0 Å². The van der Waals surface area contributed by atoms with Crippen LogP contribution in [0.25, 0.3) is 0 Å². The van der Waals surface area contributed by atoms with Gasteiger partial charge in [-0.05, 0) is 32.3 Å². The average Bonchev–Trinajstić information content (AvgIpc) is 2.55. The summed E-state index contributed by atoms with van der Waals surface area (Å²) in [6, 6.07) is 9.97. The van der Waals surface area contributed by atoms with E-state index in [1.165, 1.54) is 0 Å². The van der Waals surface area contributed by atoms with Crippen molar-refractivity contribution < 1.29 is 14.6 Å². The van der Waals surface area contributed by atoms with Crippen LogP contribution in [-0.4, -0.2) is 41.3 Å². The Kier molecular flexibility index (Phi) is 6.16. The zero-order chi connectivity index (χ0) is 15.9. The predicted octanol–water partition coefficient (Wildman–Crippen LogP) is 2.69. The van der Waals surface area contributed by atoms with Gasteiger partial charge in [-0.2, -0.15) is 0 Å². The van der Waals surface area contributed by atoms with Crippen LogP contribution in [0.4, 0.5) is 0 Å². The number of rotatable bonds is 6. The maximum atomic E-state index is 12.3. The number of hydrogen-bond acceptors (Lipinski definition) is 4. The van der Waals surface area contributed by atoms with Crippen molar-refractivity contribution in [1.29, 1.82) is 0 Å². The molecule has 1 heterocycles. The molecular formula is C18H25NO3. The molecule has 0 amide bonds. The maximum Gasteiger partial charge on any atom is 0.323 e. The molecular weight excluding hydrogens is 278 g/mol. The molecule has 4 nitrogen and oxygen atoms in total. The van der Waals surface area contributed by atoms with Crippen molar-refractivity contribution in [1.82, 2.24) is 4.90 Å². The summed E-state index contributed by atoms with van der Waals surface area (Å²) in [6.07, 6.45) is 5.38. The van der Waals surface area contributed by atoms with Gasteiger partial charge in [0.05, 0.1) is 6.61 Å². The van der Waals surface area contributed by atoms with Gasteiger partial charge in [0.15, 0.2) is 0 Å². The number of ether oxygens (including phenoxy) is 1. The highest BCUT2D eigenvalue weighted by Gasteiger charge is 2.36. The smallest absolute Gasteiger partial charge is 0.323 e. The van der Waals surface area contributed by atoms with Crippen molar-refractivity contribution in [3.05, 3.63) is 48.0 Å². The van der Waals surface area contributed by atoms with Crippen LogP contribution in [0.3, 0.4) is 0 Å². The van der Waals surface area contributed by atoms with Gasteiger partial charge in [-0.3, -0.25) is 9.69 Å². The first-order valence-electron chi connectivity index (χ1n) is 7.95. The molecule has 1 aliphatic heterocycles. The molecule has 1 aromatic rings. The van der Waals surface area contributed by atoms with Gasteiger partial charge in [0.1, 0.15) is 6.04 Å². The molecule has 0 unspecified atom stereocenters. The van der Waals surface area contributed by atoms with E-state index >= 15 is 0 Å². The van der Waals surface area contributed by atoms with Gasteiger partial charge < -0.3 is 9.84 Å². The van der Waals surface area contributed by atoms with E-state index in [2.05, 4.69) is 30.0 Å². The largest absolute Gasteiger partial charge is 0.465 e. The monoisotopic (exact) mass is 303 g/mol. The van der Waals surface area contributed by atoms with Crippen LogP contribution in [0.2, 0.25) is 0 Å². The number of carbonyl (C=O) groups is 1. The van der Waals surface area contributed by atoms with Crippen molar-refractivity contribution in [2.45, 2.75) is 44.8 Å². The second-order valence-corrected chi connectivity index (χ2v) is 5.55. The molecule has 3 atom stereocenters. The van der Waals surface area contributed by atoms with Crippen LogP contribution in [0.15, 0.2) is 42.5 Å². The lowest BCUT2D eigenvalue weighted by molar-refractivity contribution is -0.151. The molecule has 0 radical (unpaired) electrons. The first-order valence-corrected chi connectivity index (χ1v) is 7.95. The lowest BCUT2D eigenvalue weighted by Gasteiger charge is -2.42. The summed E-state index contributed by atoms with van der Waals surface area (Å²) in [5.41, 5.74) is 1.16. The van der Waals surface area contributed by atoms with Crippen molar-refractivity contribution >= 4 is 5.97 Å². The van der Waals surface area contributed by atoms with Crippen molar-refractivity contribution in [2.24, 2.45) is 0 Å². The third-order valence-corrected chi connectivity index (χ3v) is 4.17. The minimum Gasteiger partial charge on any atom is -0.465 e. The maximum absolute atomic E-state index is 12.3. The van der Waals surface area contributed by atoms with Crippen LogP contribution < -0.4 is 0 Å². The Morgan fingerprint density at radius 3 is 2.77 bits per heavy atom. The van der Waals surface area contributed by atoms with Crippen LogP contribution in [0.1, 0.15) is 38.3 Å². The highest BCUT2D eigenvalue weighted by molar-refractivity contribution is 5.76. The Morgan fingerprint density at radius 2 is 2.14 bits per heavy atom. The Hall–Kier alpha value is -1.65. The Bertz CT molecular complexity index is 500. The van der Waals surface area contributed by atoms with Crippen molar-refractivity contribution in [2.75, 3.05) is 13.2 Å². The van der Waals surface area contributed by atoms with E-state index in [1.54, 1.807) is 0 Å². The van der Waals surface area contributed by atoms with Crippen molar-refractivity contribution in [3.8, 4) is 0 Å². The zero-order valence-electron chi connectivity index (χ0n) is 13.3. The lowest BCUT2D eigenvalue weighted by atomic mass is 9.95. The predicted molar refractivity (Wildman–Crippen MR) is 86.4 cm³/mol. The van der Waals surface area contributed by atoms with E-state index in [4.69, 9.17) is 4.74 Å². The molecule has 1 aromatic carbocycles. The molecule has 0 aliphatic carbocycles. The number of hydrogen-bond donors (Lipinski definition) is 1. The second-order valence-electron chi connectivity index (χ2n) is 5.55. The number of aliphatic hydroxyl groups is 1. The van der Waals surface area contributed by atoms with Gasteiger partial charge in [0.25, 0.3) is 0 Å². The summed E-state index contributed by atoms with van der Waals surface area (Å²) in [5.74, 6) is -0.183. The normalized spacial score (nSPS) is 23.2. The van der Waals surface area contributed by atoms with Crippen LogP contribution in [0.5, 0.6) is 0 Å². The fraction of sp³-hybridized carbons (Fsp3) is 0.500. The summed E-state index contributed by atoms with van der Waals surface area (Å²) in [7, 11) is 0. The minimum atomic E-state index is -0.295. The van der Waals surface area contributed by atoms with E-state index in [0.29, 0.717) is 19.4 Å². The summed E-state index contributed by atoms with van der Waals surface area (Å²) in [6.45, 7) is 4.41. The van der Waals surface area contributed by atoms with E-state index in [9.17, 15) is 9.90 Å². The molecule has 0 aromatic heterocycles. The van der Waals surface area contributed by atoms with E-state index in [-0.39, 0.29) is 30.7 Å². The van der Waals surface area contributed by atoms with Crippen LogP contribution in [0, 0.1) is 0 Å². The summed E-state index contributed by atoms with van der Waals surface area (Å²) in [5, 5.41) is 9.34. The Labute approximate surface area is 132 Å². The van der Waals surface area contributed by atoms with Gasteiger partial charge in [0.2, 0.25) is 0 Å². The third-order valence-electron chi connectivity index (χ3n) is 4.17. The number of esters is 1. The summed E-state index contributed by atoms with van der Waals surface area (Å²) in [4.78, 5) is 14.5. The SMILES string of the molecule is CCOC(=O)[C@@H]1CC=C[C@@H](CCO)N1[C@H](C)c1ccccc1. The first kappa shape index (κ1) is 16.7. The molecule has 1 N–H and O–H groups in total. The minimum absolute atomic E-state index is 0.0448. The number of aliphatic hydroxyl groups excluding tert-OH is 1. The quantitative estimate of drug-likeness (QED) is 0.648. The van der Waals surface area contributed by atoms with Gasteiger partial charge >= 0.3 is 5.97 Å². The van der Waals surface area contributed by atoms with Gasteiger partial charge in [-0.25, -0.2) is 0 Å². The van der Waals surface area contributed by atoms with Gasteiger partial charge in [-0.1, -0.05) is 42.5 Å². The first-order chi connectivity index (χ1) is 10.7. The molecule has 22 heavy (non-hydrogen) atoms. The van der Waals surface area contributed by atoms with Gasteiger partial charge in [-0.15, -0.1) is 0 Å². The number of benzene rings is 1. The topological polar surface area (TPSA) is 49.8 Å². The molecule has 0 saturated carbocycles. The summed E-state index contributed by atoms with van der Waals surface area (Å²) < 4.78 is 5.25. The average molecular weight is 303 g/mol. The molecule has 4 heteroatoms. The molecule has 2 rings (SSSR count). The highest BCUT2D eigenvalue weighted by Crippen LogP contribution is 2.31. The third kappa shape index (κ3) is 3.76. The van der Waals surface area contributed by atoms with Gasteiger partial charge in [0, 0.05) is 18.7 Å². The lowest BCUT2D eigenvalue weighted by Crippen LogP contribution is -2.50. The molecule has 1 aliphatic rings. The van der Waals surface area contributed by atoms with Crippen LogP contribution >= 0.6 is 0 Å². The van der Waals surface area contributed by atoms with Crippen LogP contribution in [-0.2, 0) is 9.53 Å². The molecule has 120 valence electrons. The van der Waals surface area contributed by atoms with Crippen molar-refractivity contribution in [3.63, 3.8) is 0 Å². The van der Waals surface area contributed by atoms with E-state index in [1.807, 2.05) is 31.2 Å². The van der Waals surface area contributed by atoms with E-state index in [0.717, 1.165) is 5.56 Å². The molecule has 0 spiro atoms. The highest BCUT2D eigenvalue weighted by atomic mass is 16.5. The molecule has 0 fully saturated rings.